The molecular formula is C7H9NO2S. The molecule has 0 aromatic carbocycles. The highest BCUT2D eigenvalue weighted by atomic mass is 32.1. The lowest BCUT2D eigenvalue weighted by Crippen LogP contribution is -2.04. The fraction of sp³-hybridized carbons (Fsp3) is 0.429. The summed E-state index contributed by atoms with van der Waals surface area (Å²) >= 11 is 1.54. The normalized spacial score (nSPS) is 9.64. The van der Waals surface area contributed by atoms with Crippen LogP contribution in [-0.4, -0.2) is 18.1 Å². The van der Waals surface area contributed by atoms with Gasteiger partial charge >= 0.3 is 5.97 Å². The van der Waals surface area contributed by atoms with Gasteiger partial charge in [-0.05, 0) is 6.92 Å². The van der Waals surface area contributed by atoms with Crippen LogP contribution in [0.4, 0.5) is 0 Å². The molecule has 0 spiro atoms. The maximum Gasteiger partial charge on any atom is 0.311 e. The summed E-state index contributed by atoms with van der Waals surface area (Å²) in [4.78, 5) is 14.8. The number of esters is 1. The van der Waals surface area contributed by atoms with Crippen LogP contribution in [-0.2, 0) is 16.0 Å². The van der Waals surface area contributed by atoms with E-state index in [2.05, 4.69) is 9.72 Å². The average Bonchev–Trinajstić information content (AvgIpc) is 2.35. The molecule has 60 valence electrons. The number of aryl methyl sites for hydroxylation is 1. The van der Waals surface area contributed by atoms with Crippen LogP contribution in [0.25, 0.3) is 0 Å². The van der Waals surface area contributed by atoms with E-state index < -0.39 is 0 Å². The van der Waals surface area contributed by atoms with Gasteiger partial charge in [0.05, 0.1) is 24.2 Å². The van der Waals surface area contributed by atoms with Crippen LogP contribution < -0.4 is 0 Å². The molecule has 0 fully saturated rings. The fourth-order valence-electron chi connectivity index (χ4n) is 0.709. The lowest BCUT2D eigenvalue weighted by atomic mass is 10.3. The molecule has 0 saturated heterocycles. The van der Waals surface area contributed by atoms with Gasteiger partial charge in [0.15, 0.2) is 0 Å². The fourth-order valence-corrected chi connectivity index (χ4v) is 1.32. The first-order chi connectivity index (χ1) is 5.22. The molecule has 1 rings (SSSR count). The van der Waals surface area contributed by atoms with E-state index in [4.69, 9.17) is 0 Å². The molecule has 1 heterocycles. The molecule has 0 amide bonds. The summed E-state index contributed by atoms with van der Waals surface area (Å²) in [6.07, 6.45) is 0.279. The van der Waals surface area contributed by atoms with Crippen molar-refractivity contribution >= 4 is 17.3 Å². The van der Waals surface area contributed by atoms with Crippen molar-refractivity contribution in [3.8, 4) is 0 Å². The molecule has 0 bridgehead atoms. The van der Waals surface area contributed by atoms with E-state index in [-0.39, 0.29) is 12.4 Å². The Labute approximate surface area is 69.0 Å². The highest BCUT2D eigenvalue weighted by Crippen LogP contribution is 2.08. The standard InChI is InChI=1S/C7H9NO2S/c1-5-8-6(4-11-5)3-7(9)10-2/h4H,3H2,1-2H3. The van der Waals surface area contributed by atoms with Gasteiger partial charge in [0.25, 0.3) is 0 Å². The molecule has 0 atom stereocenters. The molecule has 1 aromatic heterocycles. The molecule has 0 N–H and O–H groups in total. The quantitative estimate of drug-likeness (QED) is 0.627. The summed E-state index contributed by atoms with van der Waals surface area (Å²) in [5.41, 5.74) is 0.791. The van der Waals surface area contributed by atoms with Gasteiger partial charge in [-0.25, -0.2) is 4.98 Å². The summed E-state index contributed by atoms with van der Waals surface area (Å²) in [5, 5.41) is 2.84. The number of hydrogen-bond donors (Lipinski definition) is 0. The largest absolute Gasteiger partial charge is 0.469 e. The van der Waals surface area contributed by atoms with E-state index in [0.717, 1.165) is 10.7 Å². The number of carbonyl (C=O) groups is 1. The molecule has 1 aromatic rings. The van der Waals surface area contributed by atoms with Gasteiger partial charge in [0.1, 0.15) is 0 Å². The molecule has 0 unspecified atom stereocenters. The second-order valence-electron chi connectivity index (χ2n) is 2.11. The number of thiazole rings is 1. The lowest BCUT2D eigenvalue weighted by Gasteiger charge is -1.93. The molecule has 0 saturated carbocycles. The summed E-state index contributed by atoms with van der Waals surface area (Å²) in [7, 11) is 1.38. The second kappa shape index (κ2) is 3.48. The van der Waals surface area contributed by atoms with Crippen LogP contribution in [0.5, 0.6) is 0 Å². The predicted octanol–water partition coefficient (Wildman–Crippen LogP) is 1.17. The van der Waals surface area contributed by atoms with Gasteiger partial charge < -0.3 is 4.74 Å². The van der Waals surface area contributed by atoms with Crippen LogP contribution >= 0.6 is 11.3 Å². The third-order valence-electron chi connectivity index (χ3n) is 1.22. The topological polar surface area (TPSA) is 39.2 Å². The number of methoxy groups -OCH3 is 1. The Bertz CT molecular complexity index is 257. The van der Waals surface area contributed by atoms with E-state index >= 15 is 0 Å². The van der Waals surface area contributed by atoms with Crippen molar-refractivity contribution in [3.63, 3.8) is 0 Å². The van der Waals surface area contributed by atoms with Crippen LogP contribution in [0, 0.1) is 6.92 Å². The summed E-state index contributed by atoms with van der Waals surface area (Å²) < 4.78 is 4.49. The highest BCUT2D eigenvalue weighted by Gasteiger charge is 2.04. The van der Waals surface area contributed by atoms with Gasteiger partial charge in [-0.15, -0.1) is 11.3 Å². The van der Waals surface area contributed by atoms with Crippen molar-refractivity contribution in [2.45, 2.75) is 13.3 Å². The van der Waals surface area contributed by atoms with Gasteiger partial charge in [-0.1, -0.05) is 0 Å². The van der Waals surface area contributed by atoms with Crippen LogP contribution in [0.15, 0.2) is 5.38 Å². The maximum atomic E-state index is 10.7. The Morgan fingerprint density at radius 1 is 1.82 bits per heavy atom. The van der Waals surface area contributed by atoms with E-state index in [1.54, 1.807) is 0 Å². The second-order valence-corrected chi connectivity index (χ2v) is 3.17. The van der Waals surface area contributed by atoms with E-state index in [0.29, 0.717) is 0 Å². The zero-order chi connectivity index (χ0) is 8.27. The zero-order valence-electron chi connectivity index (χ0n) is 6.46. The summed E-state index contributed by atoms with van der Waals surface area (Å²) in [6, 6.07) is 0. The van der Waals surface area contributed by atoms with Gasteiger partial charge in [0, 0.05) is 5.38 Å². The van der Waals surface area contributed by atoms with Crippen molar-refractivity contribution in [1.82, 2.24) is 4.98 Å². The van der Waals surface area contributed by atoms with Crippen molar-refractivity contribution in [2.24, 2.45) is 0 Å². The first-order valence-corrected chi connectivity index (χ1v) is 4.08. The lowest BCUT2D eigenvalue weighted by molar-refractivity contribution is -0.139. The number of aromatic nitrogens is 1. The Kier molecular flexibility index (Phi) is 2.59. The molecule has 4 heteroatoms. The van der Waals surface area contributed by atoms with Crippen LogP contribution in [0.1, 0.15) is 10.7 Å². The van der Waals surface area contributed by atoms with Crippen LogP contribution in [0.3, 0.4) is 0 Å². The Balaban J connectivity index is 2.57. The Morgan fingerprint density at radius 2 is 2.55 bits per heavy atom. The molecule has 3 nitrogen and oxygen atoms in total. The van der Waals surface area contributed by atoms with E-state index in [1.807, 2.05) is 12.3 Å². The molecule has 0 aliphatic rings. The third kappa shape index (κ3) is 2.31. The minimum Gasteiger partial charge on any atom is -0.469 e. The van der Waals surface area contributed by atoms with Crippen molar-refractivity contribution in [2.75, 3.05) is 7.11 Å². The minimum absolute atomic E-state index is 0.240. The number of rotatable bonds is 2. The Morgan fingerprint density at radius 3 is 3.00 bits per heavy atom. The number of carbonyl (C=O) groups excluding carboxylic acids is 1. The number of hydrogen-bond acceptors (Lipinski definition) is 4. The average molecular weight is 171 g/mol. The predicted molar refractivity (Wildman–Crippen MR) is 42.6 cm³/mol. The molecule has 0 aliphatic carbocycles. The SMILES string of the molecule is COC(=O)Cc1csc(C)n1. The Hall–Kier alpha value is -0.900. The molecule has 0 aliphatic heterocycles. The van der Waals surface area contributed by atoms with E-state index in [9.17, 15) is 4.79 Å². The van der Waals surface area contributed by atoms with Crippen LogP contribution in [0.2, 0.25) is 0 Å². The maximum absolute atomic E-state index is 10.7. The first-order valence-electron chi connectivity index (χ1n) is 3.20. The van der Waals surface area contributed by atoms with Crippen molar-refractivity contribution < 1.29 is 9.53 Å². The van der Waals surface area contributed by atoms with Crippen molar-refractivity contribution in [3.05, 3.63) is 16.1 Å². The van der Waals surface area contributed by atoms with Gasteiger partial charge in [-0.3, -0.25) is 4.79 Å². The smallest absolute Gasteiger partial charge is 0.311 e. The minimum atomic E-state index is -0.240. The zero-order valence-corrected chi connectivity index (χ0v) is 7.27. The van der Waals surface area contributed by atoms with E-state index in [1.165, 1.54) is 18.4 Å². The van der Waals surface area contributed by atoms with Gasteiger partial charge in [-0.2, -0.15) is 0 Å². The molecule has 11 heavy (non-hydrogen) atoms. The summed E-state index contributed by atoms with van der Waals surface area (Å²) in [5.74, 6) is -0.240. The third-order valence-corrected chi connectivity index (χ3v) is 2.04. The number of ether oxygens (including phenoxy) is 1. The highest BCUT2D eigenvalue weighted by molar-refractivity contribution is 7.09. The number of nitrogens with zero attached hydrogens (tertiary/aromatic N) is 1. The van der Waals surface area contributed by atoms with Crippen molar-refractivity contribution in [1.29, 1.82) is 0 Å². The molecule has 0 radical (unpaired) electrons. The molecular weight excluding hydrogens is 162 g/mol. The summed E-state index contributed by atoms with van der Waals surface area (Å²) in [6.45, 7) is 1.91. The monoisotopic (exact) mass is 171 g/mol. The first kappa shape index (κ1) is 8.20. The van der Waals surface area contributed by atoms with Gasteiger partial charge in [0.2, 0.25) is 0 Å².